The summed E-state index contributed by atoms with van der Waals surface area (Å²) in [6.07, 6.45) is 54.1. The number of esters is 2. The first-order valence-electron chi connectivity index (χ1n) is 20.6. The zero-order valence-electron chi connectivity index (χ0n) is 32.4. The summed E-state index contributed by atoms with van der Waals surface area (Å²) in [7, 11) is 0. The van der Waals surface area contributed by atoms with Gasteiger partial charge in [-0.1, -0.05) is 189 Å². The first kappa shape index (κ1) is 47.3. The molecule has 0 spiro atoms. The van der Waals surface area contributed by atoms with Crippen molar-refractivity contribution in [2.75, 3.05) is 13.2 Å². The molecule has 0 aromatic carbocycles. The average Bonchev–Trinajstić information content (AvgIpc) is 3.12. The molecule has 286 valence electrons. The molecular weight excluding hydrogens is 620 g/mol. The van der Waals surface area contributed by atoms with Gasteiger partial charge in [0.05, 0.1) is 6.61 Å². The van der Waals surface area contributed by atoms with E-state index in [2.05, 4.69) is 32.1 Å². The standard InChI is InChI=1S/C45H76O5/c1-3-5-7-9-11-13-15-17-18-19-20-21-22-23-24-25-26-28-30-32-34-36-38-40-45(48)50-43(41-46)42-49-44(47)39-37-35-33-31-29-27-16-14-12-10-8-6-4-2/h6,8,10,12,14,16,23-24,27,29,31,33,43,46H,3-5,7,9,11,13,15,17-22,25-26,28,30,32,34-42H2,1-2H3/b8-6+,12-10+,16-14+,24-23+,29-27+,33-31+. The van der Waals surface area contributed by atoms with Gasteiger partial charge in [-0.25, -0.2) is 0 Å². The molecule has 0 aliphatic heterocycles. The summed E-state index contributed by atoms with van der Waals surface area (Å²) in [4.78, 5) is 24.2. The Morgan fingerprint density at radius 2 is 0.900 bits per heavy atom. The third-order valence-electron chi connectivity index (χ3n) is 8.61. The first-order valence-corrected chi connectivity index (χ1v) is 20.6. The quantitative estimate of drug-likeness (QED) is 0.0305. The van der Waals surface area contributed by atoms with Gasteiger partial charge < -0.3 is 14.6 Å². The van der Waals surface area contributed by atoms with E-state index in [4.69, 9.17) is 9.47 Å². The maximum atomic E-state index is 12.2. The lowest BCUT2D eigenvalue weighted by Crippen LogP contribution is -2.28. The van der Waals surface area contributed by atoms with Crippen LogP contribution in [0.4, 0.5) is 0 Å². The summed E-state index contributed by atoms with van der Waals surface area (Å²) in [6.45, 7) is 3.92. The van der Waals surface area contributed by atoms with Gasteiger partial charge >= 0.3 is 11.9 Å². The minimum atomic E-state index is -0.805. The lowest BCUT2D eigenvalue weighted by atomic mass is 10.0. The van der Waals surface area contributed by atoms with Crippen molar-refractivity contribution in [2.45, 2.75) is 187 Å². The van der Waals surface area contributed by atoms with E-state index in [1.807, 2.05) is 54.7 Å². The smallest absolute Gasteiger partial charge is 0.306 e. The molecule has 0 saturated heterocycles. The Kier molecular flexibility index (Phi) is 38.6. The number of hydrogen-bond donors (Lipinski definition) is 1. The minimum Gasteiger partial charge on any atom is -0.462 e. The molecule has 0 rings (SSSR count). The van der Waals surface area contributed by atoms with Crippen LogP contribution in [0.5, 0.6) is 0 Å². The molecule has 1 atom stereocenters. The predicted molar refractivity (Wildman–Crippen MR) is 214 cm³/mol. The minimum absolute atomic E-state index is 0.108. The van der Waals surface area contributed by atoms with Crippen molar-refractivity contribution in [3.63, 3.8) is 0 Å². The number of rotatable bonds is 36. The lowest BCUT2D eigenvalue weighted by molar-refractivity contribution is -0.161. The van der Waals surface area contributed by atoms with Crippen LogP contribution in [0.2, 0.25) is 0 Å². The molecule has 50 heavy (non-hydrogen) atoms. The van der Waals surface area contributed by atoms with Crippen LogP contribution in [-0.4, -0.2) is 36.4 Å². The van der Waals surface area contributed by atoms with Crippen molar-refractivity contribution in [3.05, 3.63) is 72.9 Å². The maximum Gasteiger partial charge on any atom is 0.306 e. The molecule has 0 radical (unpaired) electrons. The van der Waals surface area contributed by atoms with Gasteiger partial charge in [0.25, 0.3) is 0 Å². The highest BCUT2D eigenvalue weighted by Crippen LogP contribution is 2.14. The van der Waals surface area contributed by atoms with Crippen molar-refractivity contribution in [1.82, 2.24) is 0 Å². The number of allylic oxidation sites excluding steroid dienone is 12. The fraction of sp³-hybridized carbons (Fsp3) is 0.689. The number of ether oxygens (including phenoxy) is 2. The van der Waals surface area contributed by atoms with Crippen LogP contribution in [0.3, 0.4) is 0 Å². The van der Waals surface area contributed by atoms with Crippen LogP contribution in [0.25, 0.3) is 0 Å². The first-order chi connectivity index (χ1) is 24.6. The molecule has 0 aliphatic carbocycles. The molecule has 0 aromatic heterocycles. The van der Waals surface area contributed by atoms with Crippen molar-refractivity contribution < 1.29 is 24.2 Å². The molecule has 1 N–H and O–H groups in total. The molecule has 5 nitrogen and oxygen atoms in total. The summed E-state index contributed by atoms with van der Waals surface area (Å²) in [5, 5.41) is 9.54. The molecule has 0 fully saturated rings. The van der Waals surface area contributed by atoms with Crippen LogP contribution in [-0.2, 0) is 19.1 Å². The van der Waals surface area contributed by atoms with E-state index in [0.717, 1.165) is 32.1 Å². The van der Waals surface area contributed by atoms with Crippen LogP contribution in [0, 0.1) is 0 Å². The fourth-order valence-corrected chi connectivity index (χ4v) is 5.52. The van der Waals surface area contributed by atoms with E-state index < -0.39 is 6.10 Å². The van der Waals surface area contributed by atoms with Gasteiger partial charge in [0, 0.05) is 12.8 Å². The average molecular weight is 697 g/mol. The molecule has 0 bridgehead atoms. The van der Waals surface area contributed by atoms with Crippen molar-refractivity contribution in [3.8, 4) is 0 Å². The van der Waals surface area contributed by atoms with Crippen molar-refractivity contribution in [2.24, 2.45) is 0 Å². The molecule has 0 aliphatic rings. The molecule has 0 saturated carbocycles. The van der Waals surface area contributed by atoms with Gasteiger partial charge in [-0.3, -0.25) is 9.59 Å². The van der Waals surface area contributed by atoms with Crippen molar-refractivity contribution >= 4 is 11.9 Å². The largest absolute Gasteiger partial charge is 0.462 e. The zero-order valence-corrected chi connectivity index (χ0v) is 32.4. The number of hydrogen-bond acceptors (Lipinski definition) is 5. The summed E-state index contributed by atoms with van der Waals surface area (Å²) in [5.74, 6) is -0.686. The molecule has 1 unspecified atom stereocenters. The molecule has 0 aromatic rings. The predicted octanol–water partition coefficient (Wildman–Crippen LogP) is 13.0. The van der Waals surface area contributed by atoms with Crippen LogP contribution < -0.4 is 0 Å². The highest BCUT2D eigenvalue weighted by molar-refractivity contribution is 5.70. The lowest BCUT2D eigenvalue weighted by Gasteiger charge is -2.15. The highest BCUT2D eigenvalue weighted by Gasteiger charge is 2.16. The van der Waals surface area contributed by atoms with Gasteiger partial charge in [0.2, 0.25) is 0 Å². The summed E-state index contributed by atoms with van der Waals surface area (Å²) < 4.78 is 10.5. The Morgan fingerprint density at radius 3 is 1.40 bits per heavy atom. The third-order valence-corrected chi connectivity index (χ3v) is 8.61. The molecule has 5 heteroatoms. The Morgan fingerprint density at radius 1 is 0.480 bits per heavy atom. The summed E-state index contributed by atoms with van der Waals surface area (Å²) in [5.41, 5.74) is 0. The molecule has 0 amide bonds. The van der Waals surface area contributed by atoms with Gasteiger partial charge in [-0.05, 0) is 51.4 Å². The Hall–Kier alpha value is -2.66. The van der Waals surface area contributed by atoms with Crippen LogP contribution in [0.1, 0.15) is 181 Å². The Bertz CT molecular complexity index is 926. The van der Waals surface area contributed by atoms with Crippen LogP contribution >= 0.6 is 0 Å². The SMILES string of the molecule is CC/C=C/C=C/C=C/C=C/C=C/CCCC(=O)OCC(CO)OC(=O)CCCCCCCCC/C=C/CCCCCCCCCCCCCC. The number of carbonyl (C=O) groups excluding carboxylic acids is 2. The van der Waals surface area contributed by atoms with E-state index >= 15 is 0 Å². The van der Waals surface area contributed by atoms with Crippen LogP contribution in [0.15, 0.2) is 72.9 Å². The van der Waals surface area contributed by atoms with E-state index in [1.165, 1.54) is 116 Å². The highest BCUT2D eigenvalue weighted by atomic mass is 16.6. The number of unbranched alkanes of at least 4 members (excludes halogenated alkanes) is 20. The van der Waals surface area contributed by atoms with Gasteiger partial charge in [0.1, 0.15) is 6.61 Å². The maximum absolute atomic E-state index is 12.2. The normalized spacial score (nSPS) is 12.9. The molecule has 0 heterocycles. The van der Waals surface area contributed by atoms with E-state index in [9.17, 15) is 14.7 Å². The Labute approximate surface area is 308 Å². The summed E-state index contributed by atoms with van der Waals surface area (Å²) in [6, 6.07) is 0. The second-order valence-corrected chi connectivity index (χ2v) is 13.5. The van der Waals surface area contributed by atoms with E-state index in [0.29, 0.717) is 12.8 Å². The second kappa shape index (κ2) is 40.8. The van der Waals surface area contributed by atoms with Crippen molar-refractivity contribution in [1.29, 1.82) is 0 Å². The van der Waals surface area contributed by atoms with Gasteiger partial charge in [-0.2, -0.15) is 0 Å². The monoisotopic (exact) mass is 697 g/mol. The Balaban J connectivity index is 3.61. The van der Waals surface area contributed by atoms with Gasteiger partial charge in [-0.15, -0.1) is 0 Å². The van der Waals surface area contributed by atoms with E-state index in [1.54, 1.807) is 0 Å². The zero-order chi connectivity index (χ0) is 36.4. The third kappa shape index (κ3) is 38.1. The second-order valence-electron chi connectivity index (χ2n) is 13.5. The number of aliphatic hydroxyl groups is 1. The number of aliphatic hydroxyl groups excluding tert-OH is 1. The topological polar surface area (TPSA) is 72.8 Å². The van der Waals surface area contributed by atoms with Gasteiger partial charge in [0.15, 0.2) is 6.10 Å². The summed E-state index contributed by atoms with van der Waals surface area (Å²) >= 11 is 0. The molecular formula is C45H76O5. The number of carbonyl (C=O) groups is 2. The fourth-order valence-electron chi connectivity index (χ4n) is 5.52. The van der Waals surface area contributed by atoms with E-state index in [-0.39, 0.29) is 31.6 Å².